The second-order valence-electron chi connectivity index (χ2n) is 3.70. The first-order valence-electron chi connectivity index (χ1n) is 5.35. The topological polar surface area (TPSA) is 39.2 Å². The van der Waals surface area contributed by atoms with Crippen LogP contribution in [0, 0.1) is 0 Å². The highest BCUT2D eigenvalue weighted by Crippen LogP contribution is 2.27. The fraction of sp³-hybridized carbons (Fsp3) is 0.231. The van der Waals surface area contributed by atoms with Crippen LogP contribution in [0.4, 0.5) is 0 Å². The number of ether oxygens (including phenoxy) is 1. The minimum atomic E-state index is -0.291. The van der Waals surface area contributed by atoms with Crippen LogP contribution < -0.4 is 0 Å². The Balaban J connectivity index is 2.19. The summed E-state index contributed by atoms with van der Waals surface area (Å²) in [7, 11) is 0. The molecule has 2 aromatic rings. The van der Waals surface area contributed by atoms with Gasteiger partial charge in [-0.05, 0) is 6.92 Å². The lowest BCUT2D eigenvalue weighted by Gasteiger charge is -2.07. The lowest BCUT2D eigenvalue weighted by atomic mass is 10.2. The zero-order chi connectivity index (χ0) is 12.3. The highest BCUT2D eigenvalue weighted by atomic mass is 32.1. The monoisotopic (exact) mass is 247 g/mol. The minimum absolute atomic E-state index is 0.285. The smallest absolute Gasteiger partial charge is 0.303 e. The summed E-state index contributed by atoms with van der Waals surface area (Å²) in [6.07, 6.45) is -0.291. The molecule has 0 unspecified atom stereocenters. The first-order valence-corrected chi connectivity index (χ1v) is 6.23. The fourth-order valence-corrected chi connectivity index (χ4v) is 2.40. The van der Waals surface area contributed by atoms with Crippen LogP contribution in [0.5, 0.6) is 0 Å². The van der Waals surface area contributed by atoms with Crippen molar-refractivity contribution in [2.75, 3.05) is 0 Å². The van der Waals surface area contributed by atoms with Crippen LogP contribution in [0.2, 0.25) is 0 Å². The van der Waals surface area contributed by atoms with E-state index >= 15 is 0 Å². The maximum Gasteiger partial charge on any atom is 0.303 e. The Kier molecular flexibility index (Phi) is 3.54. The summed E-state index contributed by atoms with van der Waals surface area (Å²) in [5, 5.41) is 2.87. The van der Waals surface area contributed by atoms with Crippen molar-refractivity contribution in [1.29, 1.82) is 0 Å². The number of rotatable bonds is 3. The molecule has 2 rings (SSSR count). The molecule has 0 saturated heterocycles. The number of carbonyl (C=O) groups excluding carboxylic acids is 1. The number of hydrogen-bond donors (Lipinski definition) is 0. The van der Waals surface area contributed by atoms with Crippen molar-refractivity contribution < 1.29 is 9.53 Å². The van der Waals surface area contributed by atoms with Crippen molar-refractivity contribution in [3.63, 3.8) is 0 Å². The number of hydrogen-bond acceptors (Lipinski definition) is 4. The van der Waals surface area contributed by atoms with Crippen LogP contribution in [0.15, 0.2) is 35.7 Å². The summed E-state index contributed by atoms with van der Waals surface area (Å²) in [5.41, 5.74) is 1.88. The molecule has 1 heterocycles. The van der Waals surface area contributed by atoms with E-state index in [1.54, 1.807) is 11.3 Å². The molecule has 0 spiro atoms. The van der Waals surface area contributed by atoms with Gasteiger partial charge in [0.15, 0.2) is 0 Å². The van der Waals surface area contributed by atoms with E-state index in [0.29, 0.717) is 0 Å². The van der Waals surface area contributed by atoms with Crippen LogP contribution in [0.3, 0.4) is 0 Å². The van der Waals surface area contributed by atoms with E-state index in [0.717, 1.165) is 16.3 Å². The zero-order valence-corrected chi connectivity index (χ0v) is 10.5. The van der Waals surface area contributed by atoms with Crippen molar-refractivity contribution in [3.8, 4) is 10.6 Å². The predicted octanol–water partition coefficient (Wildman–Crippen LogP) is 3.43. The zero-order valence-electron chi connectivity index (χ0n) is 9.71. The third-order valence-corrected chi connectivity index (χ3v) is 3.21. The average molecular weight is 247 g/mol. The van der Waals surface area contributed by atoms with Gasteiger partial charge in [0, 0.05) is 17.9 Å². The SMILES string of the molecule is CC(=O)O[C@@H](C)c1csc(-c2ccccc2)n1. The molecule has 0 fully saturated rings. The Bertz CT molecular complexity index is 507. The van der Waals surface area contributed by atoms with Crippen LogP contribution >= 0.6 is 11.3 Å². The van der Waals surface area contributed by atoms with E-state index in [2.05, 4.69) is 4.98 Å². The second kappa shape index (κ2) is 5.10. The van der Waals surface area contributed by atoms with Crippen LogP contribution in [-0.4, -0.2) is 11.0 Å². The van der Waals surface area contributed by atoms with Crippen LogP contribution in [0.1, 0.15) is 25.6 Å². The maximum atomic E-state index is 10.9. The molecule has 0 bridgehead atoms. The number of aromatic nitrogens is 1. The molecule has 3 nitrogen and oxygen atoms in total. The minimum Gasteiger partial charge on any atom is -0.456 e. The van der Waals surface area contributed by atoms with E-state index in [4.69, 9.17) is 4.74 Å². The summed E-state index contributed by atoms with van der Waals surface area (Å²) in [6.45, 7) is 3.23. The molecule has 88 valence electrons. The average Bonchev–Trinajstić information content (AvgIpc) is 2.78. The summed E-state index contributed by atoms with van der Waals surface area (Å²) in [4.78, 5) is 15.3. The van der Waals surface area contributed by atoms with Crippen molar-refractivity contribution in [2.24, 2.45) is 0 Å². The first-order chi connectivity index (χ1) is 8.16. The van der Waals surface area contributed by atoms with Gasteiger partial charge < -0.3 is 4.74 Å². The molecule has 0 N–H and O–H groups in total. The largest absolute Gasteiger partial charge is 0.456 e. The van der Waals surface area contributed by atoms with E-state index in [9.17, 15) is 4.79 Å². The molecule has 0 radical (unpaired) electrons. The van der Waals surface area contributed by atoms with Crippen molar-refractivity contribution in [1.82, 2.24) is 4.98 Å². The second-order valence-corrected chi connectivity index (χ2v) is 4.55. The molecule has 0 aliphatic rings. The van der Waals surface area contributed by atoms with Gasteiger partial charge in [0.05, 0.1) is 5.69 Å². The third kappa shape index (κ3) is 2.91. The quantitative estimate of drug-likeness (QED) is 0.780. The number of esters is 1. The number of benzene rings is 1. The molecule has 1 aromatic carbocycles. The van der Waals surface area contributed by atoms with Gasteiger partial charge in [0.1, 0.15) is 11.1 Å². The van der Waals surface area contributed by atoms with Crippen LogP contribution in [-0.2, 0) is 9.53 Å². The van der Waals surface area contributed by atoms with Crippen molar-refractivity contribution in [2.45, 2.75) is 20.0 Å². The van der Waals surface area contributed by atoms with Gasteiger partial charge in [0.25, 0.3) is 0 Å². The molecule has 0 aliphatic heterocycles. The van der Waals surface area contributed by atoms with E-state index < -0.39 is 0 Å². The predicted molar refractivity (Wildman–Crippen MR) is 67.7 cm³/mol. The maximum absolute atomic E-state index is 10.9. The Labute approximate surface area is 104 Å². The number of carbonyl (C=O) groups is 1. The molecule has 0 amide bonds. The highest BCUT2D eigenvalue weighted by molar-refractivity contribution is 7.13. The molecule has 17 heavy (non-hydrogen) atoms. The summed E-state index contributed by atoms with van der Waals surface area (Å²) in [5.74, 6) is -0.285. The van der Waals surface area contributed by atoms with Gasteiger partial charge in [-0.2, -0.15) is 0 Å². The Morgan fingerprint density at radius 3 is 2.71 bits per heavy atom. The molecular weight excluding hydrogens is 234 g/mol. The molecular formula is C13H13NO2S. The fourth-order valence-electron chi connectivity index (χ4n) is 1.50. The molecule has 1 aromatic heterocycles. The standard InChI is InChI=1S/C13H13NO2S/c1-9(16-10(2)15)12-8-17-13(14-12)11-6-4-3-5-7-11/h3-9H,1-2H3/t9-/m0/s1. The van der Waals surface area contributed by atoms with E-state index in [1.807, 2.05) is 42.6 Å². The first kappa shape index (κ1) is 11.8. The Morgan fingerprint density at radius 1 is 1.35 bits per heavy atom. The van der Waals surface area contributed by atoms with Crippen LogP contribution in [0.25, 0.3) is 10.6 Å². The van der Waals surface area contributed by atoms with Crippen molar-refractivity contribution >= 4 is 17.3 Å². The van der Waals surface area contributed by atoms with Gasteiger partial charge in [-0.25, -0.2) is 4.98 Å². The van der Waals surface area contributed by atoms with E-state index in [-0.39, 0.29) is 12.1 Å². The molecule has 4 heteroatoms. The molecule has 0 saturated carbocycles. The third-order valence-electron chi connectivity index (χ3n) is 2.30. The lowest BCUT2D eigenvalue weighted by molar-refractivity contribution is -0.145. The highest BCUT2D eigenvalue weighted by Gasteiger charge is 2.13. The number of thiazole rings is 1. The summed E-state index contributed by atoms with van der Waals surface area (Å²) < 4.78 is 5.09. The number of nitrogens with zero attached hydrogens (tertiary/aromatic N) is 1. The molecule has 0 aliphatic carbocycles. The lowest BCUT2D eigenvalue weighted by Crippen LogP contribution is -2.04. The van der Waals surface area contributed by atoms with Gasteiger partial charge in [-0.3, -0.25) is 4.79 Å². The van der Waals surface area contributed by atoms with Crippen molar-refractivity contribution in [3.05, 3.63) is 41.4 Å². The summed E-state index contributed by atoms with van der Waals surface area (Å²) >= 11 is 1.56. The Morgan fingerprint density at radius 2 is 2.06 bits per heavy atom. The Hall–Kier alpha value is -1.68. The van der Waals surface area contributed by atoms with Gasteiger partial charge in [-0.1, -0.05) is 30.3 Å². The molecule has 1 atom stereocenters. The van der Waals surface area contributed by atoms with Gasteiger partial charge in [-0.15, -0.1) is 11.3 Å². The normalized spacial score (nSPS) is 12.1. The van der Waals surface area contributed by atoms with Gasteiger partial charge in [0.2, 0.25) is 0 Å². The van der Waals surface area contributed by atoms with E-state index in [1.165, 1.54) is 6.92 Å². The van der Waals surface area contributed by atoms with Gasteiger partial charge >= 0.3 is 5.97 Å². The summed E-state index contributed by atoms with van der Waals surface area (Å²) in [6, 6.07) is 9.95.